The van der Waals surface area contributed by atoms with Crippen LogP contribution in [0.5, 0.6) is 5.75 Å². The van der Waals surface area contributed by atoms with Gasteiger partial charge in [-0.05, 0) is 30.7 Å². The molecule has 0 aliphatic carbocycles. The van der Waals surface area contributed by atoms with E-state index in [4.69, 9.17) is 13.7 Å². The molecule has 2 heterocycles. The summed E-state index contributed by atoms with van der Waals surface area (Å²) in [5, 5.41) is 14.7. The maximum absolute atomic E-state index is 11.0. The molecule has 0 N–H and O–H groups in total. The van der Waals surface area contributed by atoms with Crippen molar-refractivity contribution in [2.45, 2.75) is 13.5 Å². The predicted molar refractivity (Wildman–Crippen MR) is 74.2 cm³/mol. The van der Waals surface area contributed by atoms with E-state index in [0.717, 1.165) is 5.56 Å². The average Bonchev–Trinajstić information content (AvgIpc) is 3.16. The van der Waals surface area contributed by atoms with Crippen molar-refractivity contribution < 1.29 is 18.6 Å². The molecule has 8 heteroatoms. The number of nitro benzene ring substituents is 1. The highest BCUT2D eigenvalue weighted by molar-refractivity contribution is 5.48. The van der Waals surface area contributed by atoms with E-state index >= 15 is 0 Å². The minimum atomic E-state index is -0.503. The molecule has 0 atom stereocenters. The largest absolute Gasteiger partial charge is 0.477 e. The lowest BCUT2D eigenvalue weighted by atomic mass is 10.2. The zero-order valence-electron chi connectivity index (χ0n) is 11.6. The van der Waals surface area contributed by atoms with Crippen LogP contribution in [-0.4, -0.2) is 15.1 Å². The lowest BCUT2D eigenvalue weighted by Crippen LogP contribution is -1.99. The summed E-state index contributed by atoms with van der Waals surface area (Å²) in [7, 11) is 0. The second kappa shape index (κ2) is 5.68. The Morgan fingerprint density at radius 2 is 2.23 bits per heavy atom. The number of ether oxygens (including phenoxy) is 1. The summed E-state index contributed by atoms with van der Waals surface area (Å²) in [6.45, 7) is 1.75. The smallest absolute Gasteiger partial charge is 0.310 e. The van der Waals surface area contributed by atoms with E-state index < -0.39 is 4.92 Å². The zero-order valence-corrected chi connectivity index (χ0v) is 11.6. The molecule has 3 aromatic rings. The molecule has 3 rings (SSSR count). The summed E-state index contributed by atoms with van der Waals surface area (Å²) < 4.78 is 15.6. The Morgan fingerprint density at radius 3 is 2.95 bits per heavy atom. The summed E-state index contributed by atoms with van der Waals surface area (Å²) in [4.78, 5) is 14.6. The summed E-state index contributed by atoms with van der Waals surface area (Å²) in [5.41, 5.74) is 0.735. The first-order valence-electron chi connectivity index (χ1n) is 6.38. The normalized spacial score (nSPS) is 10.6. The molecule has 8 nitrogen and oxygen atoms in total. The molecular formula is C14H11N3O5. The highest BCUT2D eigenvalue weighted by Crippen LogP contribution is 2.28. The van der Waals surface area contributed by atoms with Crippen LogP contribution in [0.25, 0.3) is 11.6 Å². The Morgan fingerprint density at radius 1 is 1.36 bits per heavy atom. The van der Waals surface area contributed by atoms with Gasteiger partial charge in [0.05, 0.1) is 11.2 Å². The second-order valence-electron chi connectivity index (χ2n) is 4.51. The van der Waals surface area contributed by atoms with Crippen molar-refractivity contribution in [3.8, 4) is 17.3 Å². The van der Waals surface area contributed by atoms with Crippen LogP contribution in [0.3, 0.4) is 0 Å². The van der Waals surface area contributed by atoms with Gasteiger partial charge in [0.25, 0.3) is 5.89 Å². The highest BCUT2D eigenvalue weighted by atomic mass is 16.6. The van der Waals surface area contributed by atoms with Crippen molar-refractivity contribution in [3.05, 3.63) is 58.2 Å². The van der Waals surface area contributed by atoms with E-state index in [1.165, 1.54) is 12.3 Å². The third kappa shape index (κ3) is 2.80. The standard InChI is InChI=1S/C14H11N3O5/c1-9-4-5-10(17(18)19)12(7-9)21-8-13-15-14(16-22-13)11-3-2-6-20-11/h2-7H,8H2,1H3. The molecule has 0 aliphatic rings. The Bertz CT molecular complexity index is 795. The molecule has 0 saturated carbocycles. The number of hydrogen-bond acceptors (Lipinski definition) is 7. The number of hydrogen-bond donors (Lipinski definition) is 0. The predicted octanol–water partition coefficient (Wildman–Crippen LogP) is 3.13. The lowest BCUT2D eigenvalue weighted by molar-refractivity contribution is -0.386. The van der Waals surface area contributed by atoms with Gasteiger partial charge in [-0.1, -0.05) is 11.2 Å². The second-order valence-corrected chi connectivity index (χ2v) is 4.51. The minimum absolute atomic E-state index is 0.0714. The van der Waals surface area contributed by atoms with E-state index in [9.17, 15) is 10.1 Å². The zero-order chi connectivity index (χ0) is 15.5. The number of nitro groups is 1. The number of aromatic nitrogens is 2. The SMILES string of the molecule is Cc1ccc([N+](=O)[O-])c(OCc2nc(-c3ccco3)no2)c1. The number of rotatable bonds is 5. The molecule has 0 bridgehead atoms. The van der Waals surface area contributed by atoms with Crippen LogP contribution in [0.4, 0.5) is 5.69 Å². The van der Waals surface area contributed by atoms with Crippen LogP contribution in [0, 0.1) is 17.0 Å². The first kappa shape index (κ1) is 13.8. The van der Waals surface area contributed by atoms with E-state index in [1.807, 2.05) is 6.92 Å². The van der Waals surface area contributed by atoms with Crippen LogP contribution in [0.1, 0.15) is 11.5 Å². The summed E-state index contributed by atoms with van der Waals surface area (Å²) in [5.74, 6) is 1.11. The van der Waals surface area contributed by atoms with Gasteiger partial charge in [0, 0.05) is 6.07 Å². The molecule has 22 heavy (non-hydrogen) atoms. The fraction of sp³-hybridized carbons (Fsp3) is 0.143. The van der Waals surface area contributed by atoms with E-state index in [0.29, 0.717) is 11.6 Å². The molecule has 2 aromatic heterocycles. The molecule has 0 spiro atoms. The van der Waals surface area contributed by atoms with Crippen molar-refractivity contribution in [1.82, 2.24) is 10.1 Å². The van der Waals surface area contributed by atoms with Gasteiger partial charge in [0.15, 0.2) is 18.1 Å². The van der Waals surface area contributed by atoms with Crippen molar-refractivity contribution in [2.75, 3.05) is 0 Å². The maximum atomic E-state index is 11.0. The number of furan rings is 1. The molecule has 0 saturated heterocycles. The van der Waals surface area contributed by atoms with Crippen LogP contribution in [-0.2, 0) is 6.61 Å². The Labute approximate surface area is 124 Å². The minimum Gasteiger partial charge on any atom is -0.477 e. The van der Waals surface area contributed by atoms with Crippen LogP contribution in [0.15, 0.2) is 45.5 Å². The third-order valence-corrected chi connectivity index (χ3v) is 2.87. The molecule has 0 fully saturated rings. The highest BCUT2D eigenvalue weighted by Gasteiger charge is 2.17. The van der Waals surface area contributed by atoms with E-state index in [1.54, 1.807) is 24.3 Å². The van der Waals surface area contributed by atoms with E-state index in [-0.39, 0.29) is 23.9 Å². The molecule has 1 aromatic carbocycles. The first-order chi connectivity index (χ1) is 10.6. The lowest BCUT2D eigenvalue weighted by Gasteiger charge is -2.04. The number of nitrogens with zero attached hydrogens (tertiary/aromatic N) is 3. The van der Waals surface area contributed by atoms with Gasteiger partial charge >= 0.3 is 5.69 Å². The topological polar surface area (TPSA) is 104 Å². The average molecular weight is 301 g/mol. The molecule has 0 radical (unpaired) electrons. The van der Waals surface area contributed by atoms with Crippen molar-refractivity contribution in [2.24, 2.45) is 0 Å². The summed E-state index contributed by atoms with van der Waals surface area (Å²) in [6.07, 6.45) is 1.50. The monoisotopic (exact) mass is 301 g/mol. The third-order valence-electron chi connectivity index (χ3n) is 2.87. The van der Waals surface area contributed by atoms with Gasteiger partial charge in [-0.25, -0.2) is 0 Å². The van der Waals surface area contributed by atoms with Crippen LogP contribution in [0.2, 0.25) is 0 Å². The van der Waals surface area contributed by atoms with Gasteiger partial charge in [-0.15, -0.1) is 0 Å². The Balaban J connectivity index is 1.76. The molecular weight excluding hydrogens is 290 g/mol. The van der Waals surface area contributed by atoms with Gasteiger partial charge < -0.3 is 13.7 Å². The summed E-state index contributed by atoms with van der Waals surface area (Å²) in [6, 6.07) is 8.03. The van der Waals surface area contributed by atoms with Crippen molar-refractivity contribution in [1.29, 1.82) is 0 Å². The summed E-state index contributed by atoms with van der Waals surface area (Å²) >= 11 is 0. The van der Waals surface area contributed by atoms with Crippen molar-refractivity contribution >= 4 is 5.69 Å². The first-order valence-corrected chi connectivity index (χ1v) is 6.38. The number of aryl methyl sites for hydroxylation is 1. The quantitative estimate of drug-likeness (QED) is 0.526. The molecule has 0 aliphatic heterocycles. The van der Waals surface area contributed by atoms with Gasteiger partial charge in [0.2, 0.25) is 5.82 Å². The number of benzene rings is 1. The van der Waals surface area contributed by atoms with Gasteiger partial charge in [0.1, 0.15) is 0 Å². The fourth-order valence-electron chi connectivity index (χ4n) is 1.85. The van der Waals surface area contributed by atoms with Crippen molar-refractivity contribution in [3.63, 3.8) is 0 Å². The van der Waals surface area contributed by atoms with Crippen LogP contribution >= 0.6 is 0 Å². The fourth-order valence-corrected chi connectivity index (χ4v) is 1.85. The Kier molecular flexibility index (Phi) is 3.57. The van der Waals surface area contributed by atoms with Gasteiger partial charge in [-0.3, -0.25) is 10.1 Å². The maximum Gasteiger partial charge on any atom is 0.310 e. The molecule has 112 valence electrons. The Hall–Kier alpha value is -3.16. The van der Waals surface area contributed by atoms with Crippen LogP contribution < -0.4 is 4.74 Å². The molecule has 0 unspecified atom stereocenters. The van der Waals surface area contributed by atoms with E-state index in [2.05, 4.69) is 10.1 Å². The van der Waals surface area contributed by atoms with Gasteiger partial charge in [-0.2, -0.15) is 4.98 Å². The molecule has 0 amide bonds.